The van der Waals surface area contributed by atoms with Crippen LogP contribution in [0.4, 0.5) is 0 Å². The fourth-order valence-corrected chi connectivity index (χ4v) is 11.2. The van der Waals surface area contributed by atoms with Crippen LogP contribution < -0.4 is 5.73 Å². The van der Waals surface area contributed by atoms with Crippen LogP contribution in [-0.4, -0.2) is 6.54 Å². The second-order valence-corrected chi connectivity index (χ2v) is 14.6. The largest absolute Gasteiger partial charge is 0.330 e. The molecule has 5 fully saturated rings. The molecule has 5 aliphatic rings. The predicted molar refractivity (Wildman–Crippen MR) is 145 cm³/mol. The van der Waals surface area contributed by atoms with Gasteiger partial charge in [-0.3, -0.25) is 0 Å². The van der Waals surface area contributed by atoms with Crippen molar-refractivity contribution in [3.05, 3.63) is 17.9 Å². The van der Waals surface area contributed by atoms with Crippen LogP contribution in [0.1, 0.15) is 81.1 Å². The van der Waals surface area contributed by atoms with Gasteiger partial charge in [0.05, 0.1) is 0 Å². The van der Waals surface area contributed by atoms with Gasteiger partial charge < -0.3 is 5.73 Å². The summed E-state index contributed by atoms with van der Waals surface area (Å²) in [4.78, 5) is 0. The molecule has 14 atom stereocenters. The Morgan fingerprint density at radius 1 is 0.912 bits per heavy atom. The summed E-state index contributed by atoms with van der Waals surface area (Å²) in [6.45, 7) is 25.3. The average molecular weight is 466 g/mol. The fourth-order valence-electron chi connectivity index (χ4n) is 11.2. The van der Waals surface area contributed by atoms with Crippen LogP contribution in [0, 0.1) is 101 Å². The molecular formula is C33H55N. The molecule has 0 bridgehead atoms. The van der Waals surface area contributed by atoms with E-state index in [2.05, 4.69) is 67.7 Å². The number of hydrogen-bond donors (Lipinski definition) is 1. The number of rotatable bonds is 10. The van der Waals surface area contributed by atoms with Crippen LogP contribution >= 0.6 is 0 Å². The summed E-state index contributed by atoms with van der Waals surface area (Å²) < 4.78 is 0. The maximum absolute atomic E-state index is 5.87. The van der Waals surface area contributed by atoms with Crippen LogP contribution in [0.25, 0.3) is 0 Å². The van der Waals surface area contributed by atoms with Gasteiger partial charge in [-0.2, -0.15) is 0 Å². The summed E-state index contributed by atoms with van der Waals surface area (Å²) in [7, 11) is 0. The average Bonchev–Trinajstić information content (AvgIpc) is 2.79. The van der Waals surface area contributed by atoms with E-state index in [1.165, 1.54) is 19.3 Å². The number of fused-ring (bicyclic) bond motifs is 7. The Morgan fingerprint density at radius 3 is 2.18 bits per heavy atom. The molecule has 5 saturated carbocycles. The zero-order valence-electron chi connectivity index (χ0n) is 23.6. The van der Waals surface area contributed by atoms with E-state index in [0.717, 1.165) is 107 Å². The topological polar surface area (TPSA) is 26.0 Å². The second-order valence-electron chi connectivity index (χ2n) is 14.6. The van der Waals surface area contributed by atoms with Crippen molar-refractivity contribution in [1.29, 1.82) is 0 Å². The summed E-state index contributed by atoms with van der Waals surface area (Å²) in [5.74, 6) is 15.7. The fraction of sp³-hybridized carbons (Fsp3) is 0.909. The number of allylic oxidation sites excluding steroid dienone is 1. The maximum Gasteiger partial charge on any atom is -0.00534 e. The standard InChI is InChI=1S/C33H55N/c1-10-23-22(9)29-31(23)33-30-25(15-26(30)32(29)33)27(16(2)3)24(28-20(7)19(6)21(28)8)14-18(5)17(4)12-11-13-34/h16-22,24-33H,1,11-15,34H2,2-9H3. The Bertz CT molecular complexity index is 795. The summed E-state index contributed by atoms with van der Waals surface area (Å²) >= 11 is 0. The van der Waals surface area contributed by atoms with E-state index in [0.29, 0.717) is 0 Å². The summed E-state index contributed by atoms with van der Waals surface area (Å²) in [5.41, 5.74) is 10.9. The summed E-state index contributed by atoms with van der Waals surface area (Å²) in [6, 6.07) is 0. The highest BCUT2D eigenvalue weighted by Gasteiger charge is 2.77. The van der Waals surface area contributed by atoms with Crippen LogP contribution in [0.2, 0.25) is 0 Å². The number of hydrogen-bond acceptors (Lipinski definition) is 1. The van der Waals surface area contributed by atoms with E-state index in [1.54, 1.807) is 12.0 Å². The third-order valence-electron chi connectivity index (χ3n) is 13.4. The highest BCUT2D eigenvalue weighted by atomic mass is 14.8. The van der Waals surface area contributed by atoms with Crippen LogP contribution in [-0.2, 0) is 0 Å². The maximum atomic E-state index is 5.87. The molecule has 14 unspecified atom stereocenters. The first-order valence-electron chi connectivity index (χ1n) is 15.2. The molecule has 0 aromatic carbocycles. The summed E-state index contributed by atoms with van der Waals surface area (Å²) in [5, 5.41) is 0. The van der Waals surface area contributed by atoms with E-state index < -0.39 is 0 Å². The lowest BCUT2D eigenvalue weighted by molar-refractivity contribution is -0.317. The molecule has 0 heterocycles. The molecule has 5 aliphatic carbocycles. The molecule has 0 amide bonds. The lowest BCUT2D eigenvalue weighted by Gasteiger charge is -2.81. The molecule has 1 heteroatoms. The molecule has 0 aromatic heterocycles. The van der Waals surface area contributed by atoms with Gasteiger partial charge in [-0.1, -0.05) is 62.0 Å². The quantitative estimate of drug-likeness (QED) is 0.326. The molecule has 5 rings (SSSR count). The van der Waals surface area contributed by atoms with Gasteiger partial charge in [0.25, 0.3) is 0 Å². The van der Waals surface area contributed by atoms with E-state index in [-0.39, 0.29) is 0 Å². The minimum atomic E-state index is 0.784. The third-order valence-corrected chi connectivity index (χ3v) is 13.4. The lowest BCUT2D eigenvalue weighted by Crippen LogP contribution is -2.77. The zero-order valence-corrected chi connectivity index (χ0v) is 23.6. The second kappa shape index (κ2) is 9.10. The van der Waals surface area contributed by atoms with Crippen molar-refractivity contribution < 1.29 is 0 Å². The predicted octanol–water partition coefficient (Wildman–Crippen LogP) is 7.92. The molecule has 1 nitrogen and oxygen atoms in total. The van der Waals surface area contributed by atoms with Crippen molar-refractivity contribution in [2.24, 2.45) is 106 Å². The highest BCUT2D eigenvalue weighted by molar-refractivity contribution is 5.36. The van der Waals surface area contributed by atoms with Gasteiger partial charge in [-0.25, -0.2) is 0 Å². The van der Waals surface area contributed by atoms with E-state index in [9.17, 15) is 0 Å². The highest BCUT2D eigenvalue weighted by Crippen LogP contribution is 2.82. The van der Waals surface area contributed by atoms with Gasteiger partial charge in [-0.05, 0) is 138 Å². The van der Waals surface area contributed by atoms with Crippen LogP contribution in [0.5, 0.6) is 0 Å². The Hall–Kier alpha value is -0.520. The van der Waals surface area contributed by atoms with Gasteiger partial charge in [-0.15, -0.1) is 5.73 Å². The van der Waals surface area contributed by atoms with E-state index in [1.807, 2.05) is 0 Å². The SMILES string of the molecule is C=C=C1C(C)C2C1C1C3C(C(C(C)C)C(CC(C)C(C)CCCN)C4C(C)C(C)C4C)CC3C21. The summed E-state index contributed by atoms with van der Waals surface area (Å²) in [6.07, 6.45) is 5.49. The molecule has 0 saturated heterocycles. The molecule has 192 valence electrons. The van der Waals surface area contributed by atoms with Crippen molar-refractivity contribution in [3.8, 4) is 0 Å². The van der Waals surface area contributed by atoms with Gasteiger partial charge in [0.2, 0.25) is 0 Å². The van der Waals surface area contributed by atoms with E-state index in [4.69, 9.17) is 5.73 Å². The van der Waals surface area contributed by atoms with Gasteiger partial charge in [0.15, 0.2) is 0 Å². The van der Waals surface area contributed by atoms with Crippen molar-refractivity contribution in [2.75, 3.05) is 6.54 Å². The Balaban J connectivity index is 1.36. The van der Waals surface area contributed by atoms with E-state index >= 15 is 0 Å². The molecule has 0 aromatic rings. The van der Waals surface area contributed by atoms with Crippen LogP contribution in [0.3, 0.4) is 0 Å². The minimum Gasteiger partial charge on any atom is -0.330 e. The van der Waals surface area contributed by atoms with Crippen molar-refractivity contribution in [2.45, 2.75) is 81.1 Å². The van der Waals surface area contributed by atoms with Gasteiger partial charge >= 0.3 is 0 Å². The first kappa shape index (κ1) is 25.1. The zero-order chi connectivity index (χ0) is 24.6. The first-order chi connectivity index (χ1) is 16.1. The molecular weight excluding hydrogens is 410 g/mol. The lowest BCUT2D eigenvalue weighted by atomic mass is 9.22. The van der Waals surface area contributed by atoms with Gasteiger partial charge in [0, 0.05) is 0 Å². The third kappa shape index (κ3) is 3.35. The Labute approximate surface area is 211 Å². The molecule has 0 spiro atoms. The van der Waals surface area contributed by atoms with Crippen LogP contribution in [0.15, 0.2) is 17.9 Å². The van der Waals surface area contributed by atoms with Crippen molar-refractivity contribution in [3.63, 3.8) is 0 Å². The Kier molecular flexibility index (Phi) is 6.73. The smallest absolute Gasteiger partial charge is 0.00534 e. The van der Waals surface area contributed by atoms with Gasteiger partial charge in [0.1, 0.15) is 0 Å². The molecule has 0 radical (unpaired) electrons. The molecule has 2 N–H and O–H groups in total. The number of nitrogens with two attached hydrogens (primary N) is 1. The molecule has 0 aliphatic heterocycles. The minimum absolute atomic E-state index is 0.784. The molecule has 34 heavy (non-hydrogen) atoms. The Morgan fingerprint density at radius 2 is 1.59 bits per heavy atom. The van der Waals surface area contributed by atoms with Crippen molar-refractivity contribution in [1.82, 2.24) is 0 Å². The first-order valence-corrected chi connectivity index (χ1v) is 15.2. The normalized spacial score (nSPS) is 49.4. The monoisotopic (exact) mass is 465 g/mol. The van der Waals surface area contributed by atoms with Crippen molar-refractivity contribution >= 4 is 0 Å².